The average molecular weight is 212 g/mol. The number of nitrogens with zero attached hydrogens (tertiary/aromatic N) is 2. The van der Waals surface area contributed by atoms with Gasteiger partial charge in [0.1, 0.15) is 5.58 Å². The normalized spacial score (nSPS) is 10.8. The maximum absolute atomic E-state index is 11.1. The maximum Gasteiger partial charge on any atom is 0.336 e. The first-order valence-corrected chi connectivity index (χ1v) is 4.87. The Balaban J connectivity index is 2.26. The van der Waals surface area contributed by atoms with Crippen LogP contribution in [-0.2, 0) is 0 Å². The number of aromatic nitrogens is 2. The summed E-state index contributed by atoms with van der Waals surface area (Å²) >= 11 is 0. The lowest BCUT2D eigenvalue weighted by atomic mass is 10.2. The molecule has 4 nitrogen and oxygen atoms in total. The molecular formula is C12H8N2O2. The third-order valence-corrected chi connectivity index (χ3v) is 2.38. The molecule has 0 saturated heterocycles. The Morgan fingerprint density at radius 2 is 2.06 bits per heavy atom. The molecule has 0 spiro atoms. The summed E-state index contributed by atoms with van der Waals surface area (Å²) in [6.07, 6.45) is 3.54. The number of fused-ring (bicyclic) bond motifs is 1. The summed E-state index contributed by atoms with van der Waals surface area (Å²) in [5.41, 5.74) is 1.09. The predicted octanol–water partition coefficient (Wildman–Crippen LogP) is 1.98. The molecule has 0 radical (unpaired) electrons. The molecule has 0 saturated carbocycles. The zero-order valence-corrected chi connectivity index (χ0v) is 8.33. The van der Waals surface area contributed by atoms with E-state index in [0.29, 0.717) is 5.58 Å². The van der Waals surface area contributed by atoms with Crippen LogP contribution in [0.25, 0.3) is 16.7 Å². The van der Waals surface area contributed by atoms with Crippen LogP contribution in [0.3, 0.4) is 0 Å². The highest BCUT2D eigenvalue weighted by Crippen LogP contribution is 2.16. The molecule has 78 valence electrons. The minimum atomic E-state index is -0.342. The lowest BCUT2D eigenvalue weighted by molar-refractivity contribution is 0.560. The number of rotatable bonds is 1. The molecule has 3 aromatic rings. The van der Waals surface area contributed by atoms with Crippen LogP contribution in [0.4, 0.5) is 0 Å². The van der Waals surface area contributed by atoms with Gasteiger partial charge in [-0.15, -0.1) is 0 Å². The predicted molar refractivity (Wildman–Crippen MR) is 59.6 cm³/mol. The second kappa shape index (κ2) is 3.34. The second-order valence-electron chi connectivity index (χ2n) is 3.43. The van der Waals surface area contributed by atoms with Gasteiger partial charge in [-0.05, 0) is 24.3 Å². The van der Waals surface area contributed by atoms with Crippen LogP contribution in [0, 0.1) is 0 Å². The van der Waals surface area contributed by atoms with E-state index in [4.69, 9.17) is 4.42 Å². The van der Waals surface area contributed by atoms with Crippen molar-refractivity contribution in [2.24, 2.45) is 0 Å². The fourth-order valence-corrected chi connectivity index (χ4v) is 1.61. The zero-order valence-electron chi connectivity index (χ0n) is 8.33. The van der Waals surface area contributed by atoms with Gasteiger partial charge >= 0.3 is 5.63 Å². The van der Waals surface area contributed by atoms with E-state index < -0.39 is 0 Å². The topological polar surface area (TPSA) is 48.0 Å². The fourth-order valence-electron chi connectivity index (χ4n) is 1.61. The molecule has 0 fully saturated rings. The third-order valence-electron chi connectivity index (χ3n) is 2.38. The van der Waals surface area contributed by atoms with Gasteiger partial charge in [0.2, 0.25) is 0 Å². The summed E-state index contributed by atoms with van der Waals surface area (Å²) < 4.78 is 6.82. The molecule has 0 amide bonds. The van der Waals surface area contributed by atoms with Crippen LogP contribution in [-0.4, -0.2) is 9.78 Å². The molecule has 0 atom stereocenters. The molecule has 1 aromatic carbocycles. The van der Waals surface area contributed by atoms with Gasteiger partial charge in [0, 0.05) is 29.9 Å². The largest absolute Gasteiger partial charge is 0.423 e. The third kappa shape index (κ3) is 1.40. The first-order valence-electron chi connectivity index (χ1n) is 4.87. The van der Waals surface area contributed by atoms with Gasteiger partial charge < -0.3 is 4.42 Å². The van der Waals surface area contributed by atoms with Gasteiger partial charge in [-0.2, -0.15) is 5.10 Å². The van der Waals surface area contributed by atoms with E-state index in [2.05, 4.69) is 5.10 Å². The molecule has 4 heteroatoms. The Labute approximate surface area is 90.7 Å². The Bertz CT molecular complexity index is 684. The van der Waals surface area contributed by atoms with E-state index in [0.717, 1.165) is 11.1 Å². The molecule has 2 aromatic heterocycles. The molecule has 0 N–H and O–H groups in total. The SMILES string of the molecule is O=c1ccc2ccc(-n3cccn3)cc2o1. The van der Waals surface area contributed by atoms with Gasteiger partial charge in [-0.1, -0.05) is 0 Å². The van der Waals surface area contributed by atoms with Crippen LogP contribution >= 0.6 is 0 Å². The van der Waals surface area contributed by atoms with Crippen molar-refractivity contribution in [2.75, 3.05) is 0 Å². The molecule has 3 rings (SSSR count). The lowest BCUT2D eigenvalue weighted by Crippen LogP contribution is -1.97. The van der Waals surface area contributed by atoms with E-state index >= 15 is 0 Å². The summed E-state index contributed by atoms with van der Waals surface area (Å²) in [6.45, 7) is 0. The summed E-state index contributed by atoms with van der Waals surface area (Å²) in [6, 6.07) is 10.6. The number of hydrogen-bond acceptors (Lipinski definition) is 3. The standard InChI is InChI=1S/C12H8N2O2/c15-12-5-3-9-2-4-10(8-11(9)16-12)14-7-1-6-13-14/h1-8H. The van der Waals surface area contributed by atoms with Crippen molar-refractivity contribution in [2.45, 2.75) is 0 Å². The lowest BCUT2D eigenvalue weighted by Gasteiger charge is -2.02. The van der Waals surface area contributed by atoms with E-state index in [1.807, 2.05) is 24.4 Å². The molecule has 16 heavy (non-hydrogen) atoms. The first kappa shape index (κ1) is 8.91. The van der Waals surface area contributed by atoms with Crippen LogP contribution in [0.1, 0.15) is 0 Å². The summed E-state index contributed by atoms with van der Waals surface area (Å²) in [4.78, 5) is 11.1. The summed E-state index contributed by atoms with van der Waals surface area (Å²) in [5.74, 6) is 0. The molecule has 0 aliphatic heterocycles. The molecule has 0 bridgehead atoms. The van der Waals surface area contributed by atoms with Gasteiger partial charge in [0.05, 0.1) is 5.69 Å². The zero-order chi connectivity index (χ0) is 11.0. The maximum atomic E-state index is 11.1. The molecule has 0 unspecified atom stereocenters. The van der Waals surface area contributed by atoms with Crippen LogP contribution in [0.5, 0.6) is 0 Å². The smallest absolute Gasteiger partial charge is 0.336 e. The molecule has 2 heterocycles. The van der Waals surface area contributed by atoms with Gasteiger partial charge in [0.15, 0.2) is 0 Å². The van der Waals surface area contributed by atoms with E-state index in [9.17, 15) is 4.79 Å². The quantitative estimate of drug-likeness (QED) is 0.579. The van der Waals surface area contributed by atoms with E-state index in [1.54, 1.807) is 23.0 Å². The van der Waals surface area contributed by atoms with E-state index in [1.165, 1.54) is 6.07 Å². The van der Waals surface area contributed by atoms with Crippen molar-refractivity contribution < 1.29 is 4.42 Å². The highest BCUT2D eigenvalue weighted by molar-refractivity contribution is 5.78. The Hall–Kier alpha value is -2.36. The summed E-state index contributed by atoms with van der Waals surface area (Å²) in [5, 5.41) is 5.01. The van der Waals surface area contributed by atoms with Crippen molar-refractivity contribution >= 4 is 11.0 Å². The van der Waals surface area contributed by atoms with Gasteiger partial charge in [0.25, 0.3) is 0 Å². The minimum absolute atomic E-state index is 0.342. The van der Waals surface area contributed by atoms with Crippen molar-refractivity contribution in [3.8, 4) is 5.69 Å². The first-order chi connectivity index (χ1) is 7.83. The highest BCUT2D eigenvalue weighted by Gasteiger charge is 2.00. The van der Waals surface area contributed by atoms with Crippen LogP contribution in [0.15, 0.2) is 58.0 Å². The number of benzene rings is 1. The second-order valence-corrected chi connectivity index (χ2v) is 3.43. The average Bonchev–Trinajstić information content (AvgIpc) is 2.81. The van der Waals surface area contributed by atoms with Crippen molar-refractivity contribution in [1.82, 2.24) is 9.78 Å². The minimum Gasteiger partial charge on any atom is -0.423 e. The van der Waals surface area contributed by atoms with Crippen molar-refractivity contribution in [3.05, 3.63) is 59.2 Å². The Morgan fingerprint density at radius 3 is 2.88 bits per heavy atom. The van der Waals surface area contributed by atoms with Crippen molar-refractivity contribution in [1.29, 1.82) is 0 Å². The fraction of sp³-hybridized carbons (Fsp3) is 0. The highest BCUT2D eigenvalue weighted by atomic mass is 16.4. The van der Waals surface area contributed by atoms with Gasteiger partial charge in [-0.3, -0.25) is 0 Å². The van der Waals surface area contributed by atoms with Crippen molar-refractivity contribution in [3.63, 3.8) is 0 Å². The molecule has 0 aliphatic carbocycles. The summed E-state index contributed by atoms with van der Waals surface area (Å²) in [7, 11) is 0. The van der Waals surface area contributed by atoms with Crippen LogP contribution in [0.2, 0.25) is 0 Å². The van der Waals surface area contributed by atoms with E-state index in [-0.39, 0.29) is 5.63 Å². The molecular weight excluding hydrogens is 204 g/mol. The molecule has 0 aliphatic rings. The number of hydrogen-bond donors (Lipinski definition) is 0. The monoisotopic (exact) mass is 212 g/mol. The van der Waals surface area contributed by atoms with Crippen LogP contribution < -0.4 is 5.63 Å². The Kier molecular flexibility index (Phi) is 1.86. The Morgan fingerprint density at radius 1 is 1.19 bits per heavy atom. The van der Waals surface area contributed by atoms with Gasteiger partial charge in [-0.25, -0.2) is 9.48 Å².